The zero-order valence-electron chi connectivity index (χ0n) is 25.5. The zero-order valence-corrected chi connectivity index (χ0v) is 26.4. The Hall–Kier alpha value is -5.20. The maximum atomic E-state index is 14.2. The van der Waals surface area contributed by atoms with Crippen LogP contribution in [0, 0.1) is 0 Å². The molecule has 0 unspecified atom stereocenters. The third kappa shape index (κ3) is 6.17. The van der Waals surface area contributed by atoms with E-state index in [4.69, 9.17) is 28.7 Å². The number of carbonyl (C=O) groups excluding carboxylic acids is 2. The minimum atomic E-state index is -0.836. The van der Waals surface area contributed by atoms with Crippen LogP contribution in [0.1, 0.15) is 29.7 Å². The molecule has 3 aromatic carbocycles. The molecule has 4 heterocycles. The molecule has 240 valence electrons. The molecule has 0 saturated carbocycles. The zero-order chi connectivity index (χ0) is 32.3. The Morgan fingerprint density at radius 3 is 2.53 bits per heavy atom. The van der Waals surface area contributed by atoms with Crippen molar-refractivity contribution in [1.29, 1.82) is 0 Å². The molecule has 3 aliphatic heterocycles. The van der Waals surface area contributed by atoms with Crippen LogP contribution < -0.4 is 29.1 Å². The van der Waals surface area contributed by atoms with Crippen LogP contribution in [-0.4, -0.2) is 67.7 Å². The fourth-order valence-corrected chi connectivity index (χ4v) is 6.70. The highest BCUT2D eigenvalue weighted by Gasteiger charge is 2.36. The number of carbonyl (C=O) groups is 2. The third-order valence-corrected chi connectivity index (χ3v) is 8.97. The standard InChI is InChI=1S/C35H31N3O8S/c1-2-43-34(41)30-31(23-6-4-3-5-7-23)36-35-38(32(30)24-10-13-26-27(19-24)46-21-45-26)33(40)28(47-35)18-22-8-11-25(12-9-22)44-20-29(39)37-14-16-42-17-15-37/h3-13,18-19,32H,2,14-17,20-21H2,1H3/b28-18+/t32-/m0/s1. The molecule has 0 radical (unpaired) electrons. The van der Waals surface area contributed by atoms with Crippen LogP contribution in [-0.2, 0) is 19.1 Å². The normalized spacial score (nSPS) is 17.3. The van der Waals surface area contributed by atoms with E-state index in [0.29, 0.717) is 64.1 Å². The number of ether oxygens (including phenoxy) is 5. The van der Waals surface area contributed by atoms with Crippen molar-refractivity contribution in [1.82, 2.24) is 9.47 Å². The van der Waals surface area contributed by atoms with E-state index in [9.17, 15) is 14.4 Å². The maximum absolute atomic E-state index is 14.2. The molecule has 3 aliphatic rings. The van der Waals surface area contributed by atoms with Crippen molar-refractivity contribution in [2.75, 3.05) is 46.3 Å². The first-order valence-corrected chi connectivity index (χ1v) is 16.1. The van der Waals surface area contributed by atoms with Crippen molar-refractivity contribution < 1.29 is 33.3 Å². The molecule has 1 saturated heterocycles. The highest BCUT2D eigenvalue weighted by atomic mass is 32.1. The van der Waals surface area contributed by atoms with E-state index < -0.39 is 12.0 Å². The number of benzene rings is 3. The number of thiazole rings is 1. The molecule has 0 aliphatic carbocycles. The van der Waals surface area contributed by atoms with Gasteiger partial charge in [-0.15, -0.1) is 0 Å². The molecule has 7 rings (SSSR count). The van der Waals surface area contributed by atoms with Crippen molar-refractivity contribution >= 4 is 35.0 Å². The SMILES string of the molecule is CCOC(=O)C1=C(c2ccccc2)N=c2s/c(=C/c3ccc(OCC(=O)N4CCOCC4)cc3)c(=O)n2[C@H]1c1ccc2c(c1)OCO2. The summed E-state index contributed by atoms with van der Waals surface area (Å²) in [6.45, 7) is 4.09. The lowest BCUT2D eigenvalue weighted by Gasteiger charge is -2.26. The van der Waals surface area contributed by atoms with Crippen molar-refractivity contribution in [2.45, 2.75) is 13.0 Å². The third-order valence-electron chi connectivity index (χ3n) is 7.99. The van der Waals surface area contributed by atoms with Gasteiger partial charge in [-0.25, -0.2) is 9.79 Å². The van der Waals surface area contributed by atoms with Gasteiger partial charge in [0.15, 0.2) is 22.9 Å². The number of hydrogen-bond acceptors (Lipinski definition) is 10. The topological polar surface area (TPSA) is 118 Å². The van der Waals surface area contributed by atoms with Crippen LogP contribution in [0.25, 0.3) is 11.8 Å². The van der Waals surface area contributed by atoms with Gasteiger partial charge in [-0.3, -0.25) is 14.2 Å². The maximum Gasteiger partial charge on any atom is 0.338 e. The molecule has 47 heavy (non-hydrogen) atoms. The highest BCUT2D eigenvalue weighted by Crippen LogP contribution is 2.40. The lowest BCUT2D eigenvalue weighted by atomic mass is 9.93. The molecule has 11 nitrogen and oxygen atoms in total. The summed E-state index contributed by atoms with van der Waals surface area (Å²) in [5, 5.41) is 0. The Morgan fingerprint density at radius 1 is 1.00 bits per heavy atom. The molecule has 1 aromatic heterocycles. The Labute approximate surface area is 273 Å². The fraction of sp³-hybridized carbons (Fsp3) is 0.257. The van der Waals surface area contributed by atoms with E-state index in [1.165, 1.54) is 11.3 Å². The predicted molar refractivity (Wildman–Crippen MR) is 173 cm³/mol. The van der Waals surface area contributed by atoms with Crippen LogP contribution >= 0.6 is 11.3 Å². The second-order valence-electron chi connectivity index (χ2n) is 10.9. The second-order valence-corrected chi connectivity index (χ2v) is 11.9. The number of nitrogens with zero attached hydrogens (tertiary/aromatic N) is 3. The molecule has 0 bridgehead atoms. The van der Waals surface area contributed by atoms with Crippen molar-refractivity contribution in [3.63, 3.8) is 0 Å². The number of esters is 1. The van der Waals surface area contributed by atoms with Gasteiger partial charge >= 0.3 is 5.97 Å². The first kappa shape index (κ1) is 30.5. The van der Waals surface area contributed by atoms with Gasteiger partial charge in [-0.1, -0.05) is 59.9 Å². The van der Waals surface area contributed by atoms with Gasteiger partial charge in [-0.2, -0.15) is 0 Å². The van der Waals surface area contributed by atoms with Gasteiger partial charge in [0.1, 0.15) is 5.75 Å². The van der Waals surface area contributed by atoms with Gasteiger partial charge < -0.3 is 28.6 Å². The van der Waals surface area contributed by atoms with E-state index in [1.54, 1.807) is 46.7 Å². The monoisotopic (exact) mass is 653 g/mol. The molecule has 1 fully saturated rings. The van der Waals surface area contributed by atoms with E-state index in [0.717, 1.165) is 11.1 Å². The Morgan fingerprint density at radius 2 is 1.77 bits per heavy atom. The van der Waals surface area contributed by atoms with E-state index in [1.807, 2.05) is 48.5 Å². The van der Waals surface area contributed by atoms with Crippen LogP contribution in [0.2, 0.25) is 0 Å². The summed E-state index contributed by atoms with van der Waals surface area (Å²) < 4.78 is 29.7. The van der Waals surface area contributed by atoms with Gasteiger partial charge in [0, 0.05) is 18.7 Å². The largest absolute Gasteiger partial charge is 0.484 e. The minimum Gasteiger partial charge on any atom is -0.484 e. The lowest BCUT2D eigenvalue weighted by molar-refractivity contribution is -0.139. The Kier molecular flexibility index (Phi) is 8.60. The second kappa shape index (κ2) is 13.3. The van der Waals surface area contributed by atoms with Crippen LogP contribution in [0.15, 0.2) is 88.2 Å². The fourth-order valence-electron chi connectivity index (χ4n) is 5.70. The average molecular weight is 654 g/mol. The van der Waals surface area contributed by atoms with E-state index in [-0.39, 0.29) is 37.0 Å². The summed E-state index contributed by atoms with van der Waals surface area (Å²) in [6, 6.07) is 21.1. The summed E-state index contributed by atoms with van der Waals surface area (Å²) in [4.78, 5) is 47.4. The molecule has 0 N–H and O–H groups in total. The first-order valence-electron chi connectivity index (χ1n) is 15.3. The van der Waals surface area contributed by atoms with Crippen molar-refractivity contribution in [2.24, 2.45) is 4.99 Å². The van der Waals surface area contributed by atoms with Gasteiger partial charge in [0.05, 0.1) is 41.7 Å². The lowest BCUT2D eigenvalue weighted by Crippen LogP contribution is -2.42. The van der Waals surface area contributed by atoms with Crippen LogP contribution in [0.5, 0.6) is 17.2 Å². The van der Waals surface area contributed by atoms with Gasteiger partial charge in [-0.05, 0) is 48.4 Å². The van der Waals surface area contributed by atoms with Crippen LogP contribution in [0.3, 0.4) is 0 Å². The smallest absolute Gasteiger partial charge is 0.338 e. The van der Waals surface area contributed by atoms with E-state index >= 15 is 0 Å². The Balaban J connectivity index is 1.27. The van der Waals surface area contributed by atoms with E-state index in [2.05, 4.69) is 0 Å². The highest BCUT2D eigenvalue weighted by molar-refractivity contribution is 7.07. The molecule has 0 spiro atoms. The predicted octanol–water partition coefficient (Wildman–Crippen LogP) is 2.90. The van der Waals surface area contributed by atoms with Gasteiger partial charge in [0.25, 0.3) is 11.5 Å². The molecular formula is C35H31N3O8S. The van der Waals surface area contributed by atoms with Crippen LogP contribution in [0.4, 0.5) is 0 Å². The molecule has 1 amide bonds. The summed E-state index contributed by atoms with van der Waals surface area (Å²) in [6.07, 6.45) is 1.78. The summed E-state index contributed by atoms with van der Waals surface area (Å²) in [5.41, 5.74) is 2.52. The number of fused-ring (bicyclic) bond motifs is 2. The Bertz CT molecular complexity index is 2030. The number of morpholine rings is 1. The number of aromatic nitrogens is 1. The molecule has 1 atom stereocenters. The first-order chi connectivity index (χ1) is 23.0. The minimum absolute atomic E-state index is 0.0651. The number of rotatable bonds is 8. The summed E-state index contributed by atoms with van der Waals surface area (Å²) in [7, 11) is 0. The molecule has 4 aromatic rings. The summed E-state index contributed by atoms with van der Waals surface area (Å²) in [5.74, 6) is 1.01. The molecule has 12 heteroatoms. The number of hydrogen-bond donors (Lipinski definition) is 0. The van der Waals surface area contributed by atoms with Crippen molar-refractivity contribution in [3.05, 3.63) is 115 Å². The van der Waals surface area contributed by atoms with Gasteiger partial charge in [0.2, 0.25) is 6.79 Å². The van der Waals surface area contributed by atoms with Crippen molar-refractivity contribution in [3.8, 4) is 17.2 Å². The summed E-state index contributed by atoms with van der Waals surface area (Å²) >= 11 is 1.23. The quantitative estimate of drug-likeness (QED) is 0.267. The average Bonchev–Trinajstić information content (AvgIpc) is 3.71. The number of amides is 1. The molecular weight excluding hydrogens is 622 g/mol.